The van der Waals surface area contributed by atoms with Crippen LogP contribution >= 0.6 is 12.4 Å². The number of morpholine rings is 1. The molecule has 0 bridgehead atoms. The van der Waals surface area contributed by atoms with Crippen LogP contribution < -0.4 is 5.32 Å². The summed E-state index contributed by atoms with van der Waals surface area (Å²) in [6, 6.07) is 13.2. The number of hydrogen-bond donors (Lipinski definition) is 1. The first kappa shape index (κ1) is 15.0. The quantitative estimate of drug-likeness (QED) is 0.944. The van der Waals surface area contributed by atoms with Gasteiger partial charge in [0.2, 0.25) is 0 Å². The fraction of sp³-hybridized carbons (Fsp3) is 0.312. The van der Waals surface area contributed by atoms with E-state index in [1.54, 1.807) is 0 Å². The van der Waals surface area contributed by atoms with Crippen molar-refractivity contribution in [1.82, 2.24) is 10.3 Å². The number of rotatable bonds is 3. The molecule has 1 aromatic carbocycles. The molecule has 3 nitrogen and oxygen atoms in total. The van der Waals surface area contributed by atoms with Crippen LogP contribution in [0.1, 0.15) is 5.56 Å². The number of ether oxygens (including phenoxy) is 1. The molecule has 1 fully saturated rings. The Morgan fingerprint density at radius 3 is 2.75 bits per heavy atom. The van der Waals surface area contributed by atoms with Crippen LogP contribution in [0.15, 0.2) is 48.8 Å². The van der Waals surface area contributed by atoms with Crippen molar-refractivity contribution < 1.29 is 4.74 Å². The van der Waals surface area contributed by atoms with E-state index in [-0.39, 0.29) is 12.4 Å². The number of benzene rings is 1. The van der Waals surface area contributed by atoms with Gasteiger partial charge in [-0.1, -0.05) is 24.3 Å². The van der Waals surface area contributed by atoms with Crippen LogP contribution in [-0.4, -0.2) is 30.8 Å². The molecule has 0 radical (unpaired) electrons. The molecule has 1 saturated heterocycles. The fourth-order valence-electron chi connectivity index (χ4n) is 2.46. The second-order valence-corrected chi connectivity index (χ2v) is 4.87. The van der Waals surface area contributed by atoms with Crippen molar-refractivity contribution >= 4 is 12.4 Å². The summed E-state index contributed by atoms with van der Waals surface area (Å²) in [5.74, 6) is 0. The van der Waals surface area contributed by atoms with E-state index in [4.69, 9.17) is 4.74 Å². The molecule has 20 heavy (non-hydrogen) atoms. The summed E-state index contributed by atoms with van der Waals surface area (Å²) in [6.07, 6.45) is 4.68. The molecule has 1 atom stereocenters. The van der Waals surface area contributed by atoms with Gasteiger partial charge in [0.1, 0.15) is 0 Å². The highest BCUT2D eigenvalue weighted by atomic mass is 35.5. The molecule has 2 heterocycles. The van der Waals surface area contributed by atoms with Gasteiger partial charge in [-0.3, -0.25) is 4.98 Å². The van der Waals surface area contributed by atoms with Crippen molar-refractivity contribution in [2.24, 2.45) is 0 Å². The Balaban J connectivity index is 0.00000147. The Hall–Kier alpha value is -1.42. The Bertz CT molecular complexity index is 527. The van der Waals surface area contributed by atoms with Crippen molar-refractivity contribution in [3.8, 4) is 11.1 Å². The highest BCUT2D eigenvalue weighted by Crippen LogP contribution is 2.20. The standard InChI is InChI=1S/C16H18N2O.ClH/c1-2-13(11-16-12-19-9-8-18-16)10-15(3-1)14-4-6-17-7-5-14;/h1-7,10,16,18H,8-9,11-12H2;1H. The predicted octanol–water partition coefficient (Wildman–Crippen LogP) is 2.70. The molecule has 1 aliphatic rings. The van der Waals surface area contributed by atoms with E-state index in [9.17, 15) is 0 Å². The molecular formula is C16H19ClN2O. The van der Waals surface area contributed by atoms with Gasteiger partial charge < -0.3 is 10.1 Å². The van der Waals surface area contributed by atoms with Gasteiger partial charge in [0.25, 0.3) is 0 Å². The van der Waals surface area contributed by atoms with Gasteiger partial charge in [0.15, 0.2) is 0 Å². The normalized spacial score (nSPS) is 18.3. The lowest BCUT2D eigenvalue weighted by Gasteiger charge is -2.24. The zero-order valence-corrected chi connectivity index (χ0v) is 12.1. The minimum Gasteiger partial charge on any atom is -0.379 e. The van der Waals surface area contributed by atoms with Gasteiger partial charge in [-0.15, -0.1) is 12.4 Å². The second kappa shape index (κ2) is 7.39. The maximum absolute atomic E-state index is 5.50. The summed E-state index contributed by atoms with van der Waals surface area (Å²) in [6.45, 7) is 2.59. The van der Waals surface area contributed by atoms with Crippen molar-refractivity contribution in [2.45, 2.75) is 12.5 Å². The van der Waals surface area contributed by atoms with Gasteiger partial charge >= 0.3 is 0 Å². The zero-order valence-electron chi connectivity index (χ0n) is 11.3. The molecule has 1 aromatic heterocycles. The van der Waals surface area contributed by atoms with Gasteiger partial charge in [-0.25, -0.2) is 0 Å². The highest BCUT2D eigenvalue weighted by Gasteiger charge is 2.13. The highest BCUT2D eigenvalue weighted by molar-refractivity contribution is 5.85. The number of halogens is 1. The van der Waals surface area contributed by atoms with Crippen LogP contribution in [0.3, 0.4) is 0 Å². The molecule has 0 amide bonds. The Morgan fingerprint density at radius 1 is 1.15 bits per heavy atom. The third kappa shape index (κ3) is 3.79. The molecule has 106 valence electrons. The van der Waals surface area contributed by atoms with Gasteiger partial charge in [-0.05, 0) is 35.2 Å². The van der Waals surface area contributed by atoms with Crippen molar-refractivity contribution in [1.29, 1.82) is 0 Å². The van der Waals surface area contributed by atoms with Crippen molar-refractivity contribution in [3.05, 3.63) is 54.4 Å². The van der Waals surface area contributed by atoms with Crippen LogP contribution in [0.5, 0.6) is 0 Å². The average molecular weight is 291 g/mol. The minimum absolute atomic E-state index is 0. The number of nitrogens with one attached hydrogen (secondary N) is 1. The van der Waals surface area contributed by atoms with E-state index in [1.165, 1.54) is 16.7 Å². The van der Waals surface area contributed by atoms with Crippen LogP contribution in [-0.2, 0) is 11.2 Å². The number of hydrogen-bond acceptors (Lipinski definition) is 3. The molecule has 0 aliphatic carbocycles. The molecule has 0 saturated carbocycles. The summed E-state index contributed by atoms with van der Waals surface area (Å²) in [4.78, 5) is 4.06. The zero-order chi connectivity index (χ0) is 12.9. The fourth-order valence-corrected chi connectivity index (χ4v) is 2.46. The van der Waals surface area contributed by atoms with Crippen LogP contribution in [0, 0.1) is 0 Å². The monoisotopic (exact) mass is 290 g/mol. The topological polar surface area (TPSA) is 34.1 Å². The Labute approximate surface area is 125 Å². The Morgan fingerprint density at radius 2 is 2.00 bits per heavy atom. The first-order chi connectivity index (χ1) is 9.42. The molecular weight excluding hydrogens is 272 g/mol. The maximum atomic E-state index is 5.50. The van der Waals surface area contributed by atoms with E-state index < -0.39 is 0 Å². The summed E-state index contributed by atoms with van der Waals surface area (Å²) in [7, 11) is 0. The van der Waals surface area contributed by atoms with E-state index in [0.717, 1.165) is 26.2 Å². The van der Waals surface area contributed by atoms with Crippen molar-refractivity contribution in [2.75, 3.05) is 19.8 Å². The largest absolute Gasteiger partial charge is 0.379 e. The van der Waals surface area contributed by atoms with Crippen LogP contribution in [0.25, 0.3) is 11.1 Å². The molecule has 0 spiro atoms. The number of pyridine rings is 1. The van der Waals surface area contributed by atoms with Crippen LogP contribution in [0.2, 0.25) is 0 Å². The molecule has 1 aliphatic heterocycles. The summed E-state index contributed by atoms with van der Waals surface area (Å²) >= 11 is 0. The maximum Gasteiger partial charge on any atom is 0.0623 e. The van der Waals surface area contributed by atoms with E-state index in [1.807, 2.05) is 24.5 Å². The smallest absolute Gasteiger partial charge is 0.0623 e. The summed E-state index contributed by atoms with van der Waals surface area (Å²) < 4.78 is 5.50. The lowest BCUT2D eigenvalue weighted by molar-refractivity contribution is 0.0770. The minimum atomic E-state index is 0. The number of aromatic nitrogens is 1. The van der Waals surface area contributed by atoms with E-state index >= 15 is 0 Å². The second-order valence-electron chi connectivity index (χ2n) is 4.87. The average Bonchev–Trinajstić information content (AvgIpc) is 2.49. The summed E-state index contributed by atoms with van der Waals surface area (Å²) in [5, 5.41) is 3.49. The Kier molecular flexibility index (Phi) is 5.53. The van der Waals surface area contributed by atoms with Crippen molar-refractivity contribution in [3.63, 3.8) is 0 Å². The molecule has 1 N–H and O–H groups in total. The first-order valence-corrected chi connectivity index (χ1v) is 6.72. The van der Waals surface area contributed by atoms with E-state index in [0.29, 0.717) is 6.04 Å². The summed E-state index contributed by atoms with van der Waals surface area (Å²) in [5.41, 5.74) is 3.80. The first-order valence-electron chi connectivity index (χ1n) is 6.72. The molecule has 4 heteroatoms. The lowest BCUT2D eigenvalue weighted by Crippen LogP contribution is -2.42. The SMILES string of the molecule is Cl.c1cc(CC2COCCN2)cc(-c2ccncc2)c1. The lowest BCUT2D eigenvalue weighted by atomic mass is 10.00. The molecule has 1 unspecified atom stereocenters. The van der Waals surface area contributed by atoms with Gasteiger partial charge in [0.05, 0.1) is 13.2 Å². The van der Waals surface area contributed by atoms with E-state index in [2.05, 4.69) is 34.6 Å². The molecule has 2 aromatic rings. The predicted molar refractivity (Wildman–Crippen MR) is 83.2 cm³/mol. The number of nitrogens with zero attached hydrogens (tertiary/aromatic N) is 1. The third-order valence-corrected chi connectivity index (χ3v) is 3.42. The van der Waals surface area contributed by atoms with Gasteiger partial charge in [-0.2, -0.15) is 0 Å². The molecule has 3 rings (SSSR count). The third-order valence-electron chi connectivity index (χ3n) is 3.42. The van der Waals surface area contributed by atoms with Gasteiger partial charge in [0, 0.05) is 25.0 Å². The van der Waals surface area contributed by atoms with Crippen LogP contribution in [0.4, 0.5) is 0 Å².